The molecule has 0 aromatic heterocycles. The second kappa shape index (κ2) is 6.86. The van der Waals surface area contributed by atoms with Crippen molar-refractivity contribution >= 4 is 5.91 Å². The highest BCUT2D eigenvalue weighted by Crippen LogP contribution is 2.15. The van der Waals surface area contributed by atoms with Gasteiger partial charge in [0.1, 0.15) is 0 Å². The summed E-state index contributed by atoms with van der Waals surface area (Å²) in [5.74, 6) is 0.160. The van der Waals surface area contributed by atoms with Crippen molar-refractivity contribution in [1.82, 2.24) is 10.2 Å². The van der Waals surface area contributed by atoms with Crippen molar-refractivity contribution in [3.8, 4) is 0 Å². The normalized spacial score (nSPS) is 18.6. The standard InChI is InChI=1S/C16H24N2O2/c1-12-5-4-6-15(11-12)13(2)17-14(3)16(19)18-7-9-20-10-8-18/h4-6,11,13-14,17H,7-10H2,1-3H3. The second-order valence-electron chi connectivity index (χ2n) is 5.46. The molecular weight excluding hydrogens is 252 g/mol. The van der Waals surface area contributed by atoms with Crippen LogP contribution in [0.4, 0.5) is 0 Å². The summed E-state index contributed by atoms with van der Waals surface area (Å²) < 4.78 is 5.28. The van der Waals surface area contributed by atoms with Gasteiger partial charge < -0.3 is 9.64 Å². The Labute approximate surface area is 121 Å². The fraction of sp³-hybridized carbons (Fsp3) is 0.562. The van der Waals surface area contributed by atoms with Crippen LogP contribution in [-0.4, -0.2) is 43.2 Å². The van der Waals surface area contributed by atoms with Crippen LogP contribution >= 0.6 is 0 Å². The average molecular weight is 276 g/mol. The number of hydrogen-bond acceptors (Lipinski definition) is 3. The van der Waals surface area contributed by atoms with Crippen LogP contribution in [-0.2, 0) is 9.53 Å². The van der Waals surface area contributed by atoms with Crippen LogP contribution in [0.15, 0.2) is 24.3 Å². The van der Waals surface area contributed by atoms with E-state index in [2.05, 4.69) is 43.4 Å². The van der Waals surface area contributed by atoms with E-state index < -0.39 is 0 Å². The summed E-state index contributed by atoms with van der Waals surface area (Å²) in [6.07, 6.45) is 0. The minimum Gasteiger partial charge on any atom is -0.378 e. The second-order valence-corrected chi connectivity index (χ2v) is 5.46. The molecule has 1 aliphatic heterocycles. The Morgan fingerprint density at radius 2 is 2.00 bits per heavy atom. The number of hydrogen-bond donors (Lipinski definition) is 1. The van der Waals surface area contributed by atoms with Crippen molar-refractivity contribution in [2.75, 3.05) is 26.3 Å². The maximum Gasteiger partial charge on any atom is 0.239 e. The molecule has 1 amide bonds. The van der Waals surface area contributed by atoms with Crippen LogP contribution in [0.25, 0.3) is 0 Å². The number of morpholine rings is 1. The fourth-order valence-electron chi connectivity index (χ4n) is 2.54. The zero-order valence-electron chi connectivity index (χ0n) is 12.6. The van der Waals surface area contributed by atoms with E-state index in [4.69, 9.17) is 4.74 Å². The van der Waals surface area contributed by atoms with Crippen LogP contribution in [0, 0.1) is 6.92 Å². The van der Waals surface area contributed by atoms with Crippen LogP contribution < -0.4 is 5.32 Å². The van der Waals surface area contributed by atoms with Crippen LogP contribution in [0.5, 0.6) is 0 Å². The SMILES string of the molecule is Cc1cccc(C(C)NC(C)C(=O)N2CCOCC2)c1. The lowest BCUT2D eigenvalue weighted by Gasteiger charge is -2.30. The number of rotatable bonds is 4. The zero-order valence-corrected chi connectivity index (χ0v) is 12.6. The largest absolute Gasteiger partial charge is 0.378 e. The molecule has 110 valence electrons. The lowest BCUT2D eigenvalue weighted by molar-refractivity contribution is -0.137. The number of aryl methyl sites for hydroxylation is 1. The maximum absolute atomic E-state index is 12.3. The van der Waals surface area contributed by atoms with E-state index in [1.807, 2.05) is 11.8 Å². The summed E-state index contributed by atoms with van der Waals surface area (Å²) in [4.78, 5) is 14.2. The first-order valence-electron chi connectivity index (χ1n) is 7.27. The Kier molecular flexibility index (Phi) is 5.15. The highest BCUT2D eigenvalue weighted by Gasteiger charge is 2.23. The number of nitrogens with zero attached hydrogens (tertiary/aromatic N) is 1. The molecule has 0 saturated carbocycles. The monoisotopic (exact) mass is 276 g/mol. The van der Waals surface area contributed by atoms with Crippen molar-refractivity contribution in [1.29, 1.82) is 0 Å². The molecule has 0 spiro atoms. The molecule has 2 atom stereocenters. The molecule has 1 aliphatic rings. The van der Waals surface area contributed by atoms with E-state index in [1.54, 1.807) is 0 Å². The van der Waals surface area contributed by atoms with Crippen LogP contribution in [0.2, 0.25) is 0 Å². The quantitative estimate of drug-likeness (QED) is 0.913. The Balaban J connectivity index is 1.92. The third kappa shape index (κ3) is 3.81. The summed E-state index contributed by atoms with van der Waals surface area (Å²) in [7, 11) is 0. The molecule has 0 radical (unpaired) electrons. The molecule has 20 heavy (non-hydrogen) atoms. The minimum absolute atomic E-state index is 0.160. The number of amides is 1. The summed E-state index contributed by atoms with van der Waals surface area (Å²) in [5.41, 5.74) is 2.45. The Bertz CT molecular complexity index is 456. The molecule has 0 aliphatic carbocycles. The Morgan fingerprint density at radius 1 is 1.30 bits per heavy atom. The summed E-state index contributed by atoms with van der Waals surface area (Å²) >= 11 is 0. The number of carbonyl (C=O) groups is 1. The molecule has 1 aromatic carbocycles. The predicted molar refractivity (Wildman–Crippen MR) is 79.6 cm³/mol. The van der Waals surface area contributed by atoms with Crippen molar-refractivity contribution in [3.05, 3.63) is 35.4 Å². The maximum atomic E-state index is 12.3. The molecule has 4 nitrogen and oxygen atoms in total. The van der Waals surface area contributed by atoms with Crippen molar-refractivity contribution in [2.45, 2.75) is 32.9 Å². The molecule has 4 heteroatoms. The first-order valence-corrected chi connectivity index (χ1v) is 7.27. The van der Waals surface area contributed by atoms with Gasteiger partial charge in [0.2, 0.25) is 5.91 Å². The van der Waals surface area contributed by atoms with Gasteiger partial charge in [-0.2, -0.15) is 0 Å². The number of carbonyl (C=O) groups excluding carboxylic acids is 1. The van der Waals surface area contributed by atoms with E-state index in [0.717, 1.165) is 0 Å². The van der Waals surface area contributed by atoms with Crippen LogP contribution in [0.3, 0.4) is 0 Å². The lowest BCUT2D eigenvalue weighted by Crippen LogP contribution is -2.49. The first-order chi connectivity index (χ1) is 9.58. The molecular formula is C16H24N2O2. The van der Waals surface area contributed by atoms with Gasteiger partial charge in [-0.3, -0.25) is 10.1 Å². The van der Waals surface area contributed by atoms with E-state index in [0.29, 0.717) is 26.3 Å². The highest BCUT2D eigenvalue weighted by atomic mass is 16.5. The summed E-state index contributed by atoms with van der Waals surface area (Å²) in [6.45, 7) is 8.80. The predicted octanol–water partition coefficient (Wildman–Crippen LogP) is 1.89. The van der Waals surface area contributed by atoms with E-state index in [-0.39, 0.29) is 18.0 Å². The minimum atomic E-state index is -0.177. The van der Waals surface area contributed by atoms with Crippen molar-refractivity contribution in [3.63, 3.8) is 0 Å². The number of nitrogens with one attached hydrogen (secondary N) is 1. The van der Waals surface area contributed by atoms with Gasteiger partial charge in [0, 0.05) is 19.1 Å². The molecule has 1 saturated heterocycles. The molecule has 2 rings (SSSR count). The Hall–Kier alpha value is -1.39. The molecule has 1 aromatic rings. The third-order valence-corrected chi connectivity index (χ3v) is 3.74. The van der Waals surface area contributed by atoms with Gasteiger partial charge in [0.25, 0.3) is 0 Å². The first kappa shape index (κ1) is 15.0. The number of benzene rings is 1. The zero-order chi connectivity index (χ0) is 14.5. The van der Waals surface area contributed by atoms with Gasteiger partial charge in [-0.15, -0.1) is 0 Å². The molecule has 0 bridgehead atoms. The smallest absolute Gasteiger partial charge is 0.239 e. The van der Waals surface area contributed by atoms with Gasteiger partial charge in [0.05, 0.1) is 19.3 Å². The summed E-state index contributed by atoms with van der Waals surface area (Å²) in [6, 6.07) is 8.37. The molecule has 1 fully saturated rings. The van der Waals surface area contributed by atoms with E-state index in [1.165, 1.54) is 11.1 Å². The van der Waals surface area contributed by atoms with Gasteiger partial charge >= 0.3 is 0 Å². The number of ether oxygens (including phenoxy) is 1. The van der Waals surface area contributed by atoms with Gasteiger partial charge in [-0.1, -0.05) is 29.8 Å². The van der Waals surface area contributed by atoms with Crippen molar-refractivity contribution in [2.24, 2.45) is 0 Å². The molecule has 1 heterocycles. The molecule has 1 N–H and O–H groups in total. The van der Waals surface area contributed by atoms with Gasteiger partial charge in [-0.25, -0.2) is 0 Å². The van der Waals surface area contributed by atoms with Crippen LogP contribution in [0.1, 0.15) is 31.0 Å². The lowest BCUT2D eigenvalue weighted by atomic mass is 10.0. The topological polar surface area (TPSA) is 41.6 Å². The third-order valence-electron chi connectivity index (χ3n) is 3.74. The van der Waals surface area contributed by atoms with Gasteiger partial charge in [0.15, 0.2) is 0 Å². The Morgan fingerprint density at radius 3 is 2.65 bits per heavy atom. The summed E-state index contributed by atoms with van der Waals surface area (Å²) in [5, 5.41) is 3.39. The van der Waals surface area contributed by atoms with E-state index >= 15 is 0 Å². The molecule has 2 unspecified atom stereocenters. The van der Waals surface area contributed by atoms with Crippen molar-refractivity contribution < 1.29 is 9.53 Å². The van der Waals surface area contributed by atoms with Gasteiger partial charge in [-0.05, 0) is 26.3 Å². The van der Waals surface area contributed by atoms with E-state index in [9.17, 15) is 4.79 Å². The highest BCUT2D eigenvalue weighted by molar-refractivity contribution is 5.81. The average Bonchev–Trinajstić information content (AvgIpc) is 2.47. The fourth-order valence-corrected chi connectivity index (χ4v) is 2.54.